The van der Waals surface area contributed by atoms with Crippen LogP contribution < -0.4 is 19.2 Å². The molecule has 0 saturated carbocycles. The summed E-state index contributed by atoms with van der Waals surface area (Å²) in [4.78, 5) is 4.75. The van der Waals surface area contributed by atoms with Crippen molar-refractivity contribution in [2.45, 2.75) is 47.1 Å². The zero-order valence-electron chi connectivity index (χ0n) is 29.0. The third kappa shape index (κ3) is 9.55. The van der Waals surface area contributed by atoms with Gasteiger partial charge in [0.25, 0.3) is 0 Å². The van der Waals surface area contributed by atoms with E-state index in [1.165, 1.54) is 33.8 Å². The van der Waals surface area contributed by atoms with Gasteiger partial charge in [0, 0.05) is 65.1 Å². The molecule has 2 atom stereocenters. The number of thiophene rings is 2. The highest BCUT2D eigenvalue weighted by Gasteiger charge is 2.30. The molecule has 4 heterocycles. The zero-order chi connectivity index (χ0) is 37.7. The Balaban J connectivity index is 0.000000167. The molecule has 0 amide bonds. The van der Waals surface area contributed by atoms with Gasteiger partial charge in [-0.3, -0.25) is 0 Å². The maximum absolute atomic E-state index is 12.7. The average Bonchev–Trinajstić information content (AvgIpc) is 3.89. The third-order valence-corrected chi connectivity index (χ3v) is 15.0. The normalized spacial score (nSPS) is 16.9. The van der Waals surface area contributed by atoms with Crippen molar-refractivity contribution in [2.75, 3.05) is 22.9 Å². The molecule has 8 nitrogen and oxygen atoms in total. The molecule has 2 aliphatic heterocycles. The Kier molecular flexibility index (Phi) is 12.1. The van der Waals surface area contributed by atoms with Crippen LogP contribution in [-0.4, -0.2) is 42.0 Å². The van der Waals surface area contributed by atoms with Crippen LogP contribution in [0.1, 0.15) is 22.3 Å². The van der Waals surface area contributed by atoms with Crippen LogP contribution in [0.2, 0.25) is 10.0 Å². The van der Waals surface area contributed by atoms with Gasteiger partial charge in [-0.1, -0.05) is 89.9 Å². The fraction of sp³-hybridized carbons (Fsp3) is 0.200. The number of benzene rings is 4. The first-order chi connectivity index (χ1) is 26.0. The molecule has 4 aromatic carbocycles. The lowest BCUT2D eigenvalue weighted by Crippen LogP contribution is -2.48. The van der Waals surface area contributed by atoms with Crippen molar-refractivity contribution in [1.29, 1.82) is 0 Å². The third-order valence-electron chi connectivity index (χ3n) is 9.22. The number of hydrogen-bond acceptors (Lipinski definition) is 8. The fourth-order valence-electron chi connectivity index (χ4n) is 6.89. The van der Waals surface area contributed by atoms with Crippen molar-refractivity contribution in [3.8, 4) is 0 Å². The lowest BCUT2D eigenvalue weighted by molar-refractivity contribution is 0.524. The number of nitrogens with zero attached hydrogens (tertiary/aromatic N) is 2. The van der Waals surface area contributed by atoms with Gasteiger partial charge in [-0.05, 0) is 94.4 Å². The summed E-state index contributed by atoms with van der Waals surface area (Å²) in [6.45, 7) is 2.64. The maximum atomic E-state index is 12.7. The van der Waals surface area contributed by atoms with Crippen LogP contribution in [0.3, 0.4) is 0 Å². The number of rotatable bonds is 10. The molecule has 0 spiro atoms. The van der Waals surface area contributed by atoms with Crippen LogP contribution in [0.4, 0.5) is 11.4 Å². The van der Waals surface area contributed by atoms with Gasteiger partial charge in [0.05, 0.1) is 4.90 Å². The number of hydrogen-bond donors (Lipinski definition) is 2. The van der Waals surface area contributed by atoms with E-state index in [9.17, 15) is 16.8 Å². The molecule has 0 saturated heterocycles. The van der Waals surface area contributed by atoms with Crippen molar-refractivity contribution in [1.82, 2.24) is 9.44 Å². The van der Waals surface area contributed by atoms with Crippen molar-refractivity contribution in [3.63, 3.8) is 0 Å². The van der Waals surface area contributed by atoms with E-state index < -0.39 is 20.0 Å². The Morgan fingerprint density at radius 1 is 0.611 bits per heavy atom. The van der Waals surface area contributed by atoms with Crippen molar-refractivity contribution < 1.29 is 16.8 Å². The van der Waals surface area contributed by atoms with Gasteiger partial charge in [-0.25, -0.2) is 26.3 Å². The molecule has 0 aliphatic carbocycles. The topological polar surface area (TPSA) is 98.8 Å². The van der Waals surface area contributed by atoms with E-state index in [1.54, 1.807) is 34.3 Å². The number of fused-ring (bicyclic) bond motifs is 2. The second kappa shape index (κ2) is 17.0. The molecular weight excluding hydrogens is 800 g/mol. The molecule has 2 aliphatic rings. The SMILES string of the molecule is O=S(=O)(NC1Cc2cc(Cl)ccc2N(Cc2ccccc2)C1)c1cccs1.O=S(=O)(NC1Cc2cc(Cl)ccc2N(Cc2ccccc2)C1)c1ccsc1. The van der Waals surface area contributed by atoms with E-state index in [0.29, 0.717) is 58.2 Å². The highest BCUT2D eigenvalue weighted by atomic mass is 35.5. The molecule has 0 bridgehead atoms. The Labute approximate surface area is 335 Å². The van der Waals surface area contributed by atoms with Gasteiger partial charge < -0.3 is 9.80 Å². The zero-order valence-corrected chi connectivity index (χ0v) is 33.8. The predicted octanol–water partition coefficient (Wildman–Crippen LogP) is 8.62. The summed E-state index contributed by atoms with van der Waals surface area (Å²) in [5.41, 5.74) is 6.69. The smallest absolute Gasteiger partial charge is 0.250 e. The second-order valence-electron chi connectivity index (χ2n) is 13.2. The summed E-state index contributed by atoms with van der Waals surface area (Å²) in [6, 6.07) is 36.6. The summed E-state index contributed by atoms with van der Waals surface area (Å²) >= 11 is 15.0. The van der Waals surface area contributed by atoms with Crippen LogP contribution in [0.15, 0.2) is 141 Å². The van der Waals surface area contributed by atoms with Crippen LogP contribution >= 0.6 is 45.9 Å². The van der Waals surface area contributed by atoms with Gasteiger partial charge in [-0.15, -0.1) is 11.3 Å². The molecule has 0 fully saturated rings. The quantitative estimate of drug-likeness (QED) is 0.144. The van der Waals surface area contributed by atoms with Gasteiger partial charge in [0.1, 0.15) is 4.21 Å². The minimum Gasteiger partial charge on any atom is -0.365 e. The Morgan fingerprint density at radius 3 is 1.59 bits per heavy atom. The van der Waals surface area contributed by atoms with E-state index in [4.69, 9.17) is 23.2 Å². The molecule has 2 N–H and O–H groups in total. The fourth-order valence-corrected chi connectivity index (χ4v) is 11.8. The van der Waals surface area contributed by atoms with E-state index in [1.807, 2.05) is 72.8 Å². The van der Waals surface area contributed by atoms with Crippen LogP contribution in [0.25, 0.3) is 0 Å². The van der Waals surface area contributed by atoms with Crippen LogP contribution in [-0.2, 0) is 46.0 Å². The lowest BCUT2D eigenvalue weighted by Gasteiger charge is -2.36. The van der Waals surface area contributed by atoms with Crippen molar-refractivity contribution in [3.05, 3.63) is 164 Å². The number of sulfonamides is 2. The standard InChI is InChI=1S/2C20H19ClN2O2S2/c21-17-8-9-19-16(11-17)12-18(22-27(24,25)20-7-4-10-26-20)14-23(19)13-15-5-2-1-3-6-15;21-17-6-7-20-16(10-17)11-18(22-27(24,25)19-8-9-26-14-19)13-23(20)12-15-4-2-1-3-5-15/h1-11,18,22H,12-14H2;1-10,14,18,22H,11-13H2. The van der Waals surface area contributed by atoms with Crippen LogP contribution in [0.5, 0.6) is 0 Å². The van der Waals surface area contributed by atoms with E-state index >= 15 is 0 Å². The molecule has 54 heavy (non-hydrogen) atoms. The highest BCUT2D eigenvalue weighted by Crippen LogP contribution is 2.33. The first-order valence-electron chi connectivity index (χ1n) is 17.3. The van der Waals surface area contributed by atoms with E-state index in [2.05, 4.69) is 43.5 Å². The minimum atomic E-state index is -3.52. The first kappa shape index (κ1) is 38.6. The van der Waals surface area contributed by atoms with E-state index in [0.717, 1.165) is 22.5 Å². The molecular formula is C40H38Cl2N4O4S4. The van der Waals surface area contributed by atoms with Gasteiger partial charge in [-0.2, -0.15) is 11.3 Å². The number of halogens is 2. The Morgan fingerprint density at radius 2 is 1.13 bits per heavy atom. The van der Waals surface area contributed by atoms with Crippen molar-refractivity contribution >= 4 is 77.3 Å². The molecule has 0 radical (unpaired) electrons. The van der Waals surface area contributed by atoms with Gasteiger partial charge in [0.2, 0.25) is 20.0 Å². The number of nitrogens with one attached hydrogen (secondary N) is 2. The molecule has 280 valence electrons. The van der Waals surface area contributed by atoms with Gasteiger partial charge >= 0.3 is 0 Å². The summed E-state index contributed by atoms with van der Waals surface area (Å²) < 4.78 is 56.7. The molecule has 2 unspecified atom stereocenters. The Hall–Kier alpha value is -3.72. The largest absolute Gasteiger partial charge is 0.365 e. The summed E-state index contributed by atoms with van der Waals surface area (Å²) in [7, 11) is -7.04. The minimum absolute atomic E-state index is 0.216. The highest BCUT2D eigenvalue weighted by molar-refractivity contribution is 7.91. The van der Waals surface area contributed by atoms with Gasteiger partial charge in [0.15, 0.2) is 0 Å². The number of anilines is 2. The molecule has 6 aromatic rings. The monoisotopic (exact) mass is 836 g/mol. The predicted molar refractivity (Wildman–Crippen MR) is 222 cm³/mol. The molecule has 8 rings (SSSR count). The van der Waals surface area contributed by atoms with Crippen molar-refractivity contribution in [2.24, 2.45) is 0 Å². The maximum Gasteiger partial charge on any atom is 0.250 e. The molecule has 2 aromatic heterocycles. The summed E-state index contributed by atoms with van der Waals surface area (Å²) in [5, 5.41) is 6.51. The Bertz CT molecular complexity index is 2210. The second-order valence-corrected chi connectivity index (χ2v) is 19.5. The lowest BCUT2D eigenvalue weighted by atomic mass is 9.98. The van der Waals surface area contributed by atoms with E-state index in [-0.39, 0.29) is 12.1 Å². The average molecular weight is 838 g/mol. The van der Waals surface area contributed by atoms with Crippen LogP contribution in [0, 0.1) is 0 Å². The summed E-state index contributed by atoms with van der Waals surface area (Å²) in [6.07, 6.45) is 1.23. The summed E-state index contributed by atoms with van der Waals surface area (Å²) in [5.74, 6) is 0. The molecule has 14 heteroatoms. The first-order valence-corrected chi connectivity index (χ1v) is 22.8.